The van der Waals surface area contributed by atoms with Gasteiger partial charge in [-0.2, -0.15) is 0 Å². The van der Waals surface area contributed by atoms with Crippen LogP contribution in [0.3, 0.4) is 0 Å². The molecule has 26 heavy (non-hydrogen) atoms. The van der Waals surface area contributed by atoms with Gasteiger partial charge in [0.15, 0.2) is 0 Å². The molecule has 0 heterocycles. The van der Waals surface area contributed by atoms with Crippen LogP contribution in [0.15, 0.2) is 4.99 Å². The molecule has 0 aliphatic heterocycles. The van der Waals surface area contributed by atoms with Crippen molar-refractivity contribution in [2.24, 2.45) is 10.9 Å². The minimum absolute atomic E-state index is 0.00113. The first-order valence-electron chi connectivity index (χ1n) is 9.39. The second-order valence-electron chi connectivity index (χ2n) is 5.57. The van der Waals surface area contributed by atoms with Crippen molar-refractivity contribution in [1.29, 1.82) is 0 Å². The van der Waals surface area contributed by atoms with E-state index in [4.69, 9.17) is 18.9 Å². The van der Waals surface area contributed by atoms with Crippen LogP contribution in [-0.4, -0.2) is 64.6 Å². The fraction of sp³-hybridized carbons (Fsp3) is 0.833. The van der Waals surface area contributed by atoms with Gasteiger partial charge in [-0.15, -0.1) is 0 Å². The predicted octanol–water partition coefficient (Wildman–Crippen LogP) is 2.55. The molecule has 0 spiro atoms. The van der Waals surface area contributed by atoms with Gasteiger partial charge in [0.25, 0.3) is 0 Å². The molecule has 8 nitrogen and oxygen atoms in total. The topological polar surface area (TPSA) is 95.5 Å². The number of alkyl carbamates (subject to hydrolysis) is 1. The highest BCUT2D eigenvalue weighted by atomic mass is 16.6. The van der Waals surface area contributed by atoms with Crippen LogP contribution in [-0.2, 0) is 23.7 Å². The number of nitrogens with zero attached hydrogens (tertiary/aromatic N) is 1. The van der Waals surface area contributed by atoms with Crippen LogP contribution < -0.4 is 5.32 Å². The molecule has 0 aromatic carbocycles. The maximum Gasteiger partial charge on any atom is 0.412 e. The monoisotopic (exact) mass is 374 g/mol. The van der Waals surface area contributed by atoms with Crippen LogP contribution in [0.1, 0.15) is 46.5 Å². The van der Waals surface area contributed by atoms with Crippen molar-refractivity contribution < 1.29 is 28.5 Å². The predicted molar refractivity (Wildman–Crippen MR) is 99.4 cm³/mol. The molecular weight excluding hydrogens is 340 g/mol. The number of nitrogens with one attached hydrogen (secondary N) is 1. The van der Waals surface area contributed by atoms with Crippen LogP contribution in [0.25, 0.3) is 0 Å². The summed E-state index contributed by atoms with van der Waals surface area (Å²) in [6.45, 7) is 8.39. The summed E-state index contributed by atoms with van der Waals surface area (Å²) in [6.07, 6.45) is 4.43. The van der Waals surface area contributed by atoms with Gasteiger partial charge in [-0.1, -0.05) is 26.7 Å². The van der Waals surface area contributed by atoms with Crippen molar-refractivity contribution in [2.75, 3.05) is 46.2 Å². The molecule has 0 saturated carbocycles. The average Bonchev–Trinajstić information content (AvgIpc) is 2.63. The van der Waals surface area contributed by atoms with Gasteiger partial charge in [-0.25, -0.2) is 4.79 Å². The third-order valence-electron chi connectivity index (χ3n) is 3.37. The molecule has 1 amide bonds. The van der Waals surface area contributed by atoms with E-state index in [0.717, 1.165) is 25.7 Å². The van der Waals surface area contributed by atoms with Gasteiger partial charge in [0.05, 0.1) is 38.7 Å². The van der Waals surface area contributed by atoms with E-state index in [0.29, 0.717) is 26.4 Å². The van der Waals surface area contributed by atoms with Crippen molar-refractivity contribution in [2.45, 2.75) is 46.5 Å². The summed E-state index contributed by atoms with van der Waals surface area (Å²) < 4.78 is 20.7. The maximum atomic E-state index is 11.9. The smallest absolute Gasteiger partial charge is 0.412 e. The lowest BCUT2D eigenvalue weighted by atomic mass is 9.99. The van der Waals surface area contributed by atoms with E-state index in [1.165, 1.54) is 6.34 Å². The lowest BCUT2D eigenvalue weighted by molar-refractivity contribution is -0.150. The minimum atomic E-state index is -0.562. The Morgan fingerprint density at radius 2 is 1.42 bits per heavy atom. The van der Waals surface area contributed by atoms with E-state index in [-0.39, 0.29) is 31.7 Å². The van der Waals surface area contributed by atoms with Gasteiger partial charge in [0.1, 0.15) is 13.2 Å². The Kier molecular flexibility index (Phi) is 17.0. The van der Waals surface area contributed by atoms with Crippen LogP contribution in [0.2, 0.25) is 0 Å². The average molecular weight is 374 g/mol. The number of carbonyl (C=O) groups is 2. The summed E-state index contributed by atoms with van der Waals surface area (Å²) in [5, 5.41) is 2.37. The van der Waals surface area contributed by atoms with E-state index in [9.17, 15) is 9.59 Å². The molecule has 0 bridgehead atoms. The molecule has 0 saturated heterocycles. The fourth-order valence-electron chi connectivity index (χ4n) is 2.14. The Hall–Kier alpha value is -1.67. The Morgan fingerprint density at radius 3 is 1.96 bits per heavy atom. The highest BCUT2D eigenvalue weighted by Gasteiger charge is 2.17. The zero-order chi connectivity index (χ0) is 19.5. The first kappa shape index (κ1) is 24.3. The summed E-state index contributed by atoms with van der Waals surface area (Å²) >= 11 is 0. The number of carbonyl (C=O) groups excluding carboxylic acids is 2. The largest absolute Gasteiger partial charge is 0.463 e. The van der Waals surface area contributed by atoms with Gasteiger partial charge < -0.3 is 18.9 Å². The Labute approximate surface area is 156 Å². The van der Waals surface area contributed by atoms with Gasteiger partial charge in [-0.05, 0) is 19.8 Å². The summed E-state index contributed by atoms with van der Waals surface area (Å²) in [5.74, 6) is -0.133. The van der Waals surface area contributed by atoms with Crippen LogP contribution in [0, 0.1) is 5.92 Å². The molecule has 152 valence electrons. The third-order valence-corrected chi connectivity index (χ3v) is 3.37. The highest BCUT2D eigenvalue weighted by molar-refractivity contribution is 5.81. The molecule has 0 fully saturated rings. The summed E-state index contributed by atoms with van der Waals surface area (Å²) in [6, 6.07) is 0. The zero-order valence-electron chi connectivity index (χ0n) is 16.3. The molecule has 0 aliphatic rings. The Balaban J connectivity index is 3.46. The fourth-order valence-corrected chi connectivity index (χ4v) is 2.14. The first-order valence-corrected chi connectivity index (χ1v) is 9.39. The lowest BCUT2D eigenvalue weighted by Gasteiger charge is -2.14. The number of aliphatic imine (C=N–C) groups is 1. The van der Waals surface area contributed by atoms with Crippen LogP contribution in [0.5, 0.6) is 0 Å². The Bertz CT molecular complexity index is 384. The number of hydrogen-bond donors (Lipinski definition) is 1. The molecule has 0 aliphatic carbocycles. The number of esters is 1. The van der Waals surface area contributed by atoms with Crippen molar-refractivity contribution >= 4 is 18.4 Å². The van der Waals surface area contributed by atoms with Crippen molar-refractivity contribution in [1.82, 2.24) is 5.32 Å². The third kappa shape index (κ3) is 14.7. The SMILES string of the molecule is CCCC(CCC)C(=O)OCCOCCOCCOC(=O)NC=NCC. The van der Waals surface area contributed by atoms with Crippen molar-refractivity contribution in [3.8, 4) is 0 Å². The highest BCUT2D eigenvalue weighted by Crippen LogP contribution is 2.15. The van der Waals surface area contributed by atoms with E-state index < -0.39 is 6.09 Å². The molecule has 0 aromatic rings. The minimum Gasteiger partial charge on any atom is -0.463 e. The molecular formula is C18H34N2O6. The van der Waals surface area contributed by atoms with E-state index >= 15 is 0 Å². The standard InChI is InChI=1S/C18H34N2O6/c1-4-7-16(8-5-2)17(21)25-13-11-23-9-10-24-12-14-26-18(22)20-15-19-6-3/h15-16H,4-14H2,1-3H3,(H,19,20,22). The van der Waals surface area contributed by atoms with Crippen LogP contribution in [0.4, 0.5) is 4.79 Å². The van der Waals surface area contributed by atoms with Crippen molar-refractivity contribution in [3.63, 3.8) is 0 Å². The quantitative estimate of drug-likeness (QED) is 0.193. The molecule has 8 heteroatoms. The molecule has 0 aromatic heterocycles. The Morgan fingerprint density at radius 1 is 0.885 bits per heavy atom. The summed E-state index contributed by atoms with van der Waals surface area (Å²) in [4.78, 5) is 26.9. The molecule has 0 rings (SSSR count). The van der Waals surface area contributed by atoms with Crippen molar-refractivity contribution in [3.05, 3.63) is 0 Å². The van der Waals surface area contributed by atoms with Crippen LogP contribution >= 0.6 is 0 Å². The van der Waals surface area contributed by atoms with E-state index in [1.54, 1.807) is 0 Å². The normalized spacial score (nSPS) is 11.1. The number of amides is 1. The summed E-state index contributed by atoms with van der Waals surface area (Å²) in [7, 11) is 0. The molecule has 0 radical (unpaired) electrons. The molecule has 0 atom stereocenters. The second kappa shape index (κ2) is 18.1. The number of rotatable bonds is 16. The lowest BCUT2D eigenvalue weighted by Crippen LogP contribution is -2.24. The summed E-state index contributed by atoms with van der Waals surface area (Å²) in [5.41, 5.74) is 0. The second-order valence-corrected chi connectivity index (χ2v) is 5.57. The number of hydrogen-bond acceptors (Lipinski definition) is 7. The van der Waals surface area contributed by atoms with Gasteiger partial charge >= 0.3 is 12.1 Å². The maximum absolute atomic E-state index is 11.9. The zero-order valence-corrected chi connectivity index (χ0v) is 16.3. The van der Waals surface area contributed by atoms with E-state index in [1.807, 2.05) is 6.92 Å². The van der Waals surface area contributed by atoms with Gasteiger partial charge in [0, 0.05) is 6.54 Å². The van der Waals surface area contributed by atoms with Gasteiger partial charge in [0.2, 0.25) is 0 Å². The first-order chi connectivity index (χ1) is 12.7. The van der Waals surface area contributed by atoms with Gasteiger partial charge in [-0.3, -0.25) is 15.1 Å². The number of ether oxygens (including phenoxy) is 4. The molecule has 0 unspecified atom stereocenters. The molecule has 1 N–H and O–H groups in total. The van der Waals surface area contributed by atoms with E-state index in [2.05, 4.69) is 24.2 Å².